The summed E-state index contributed by atoms with van der Waals surface area (Å²) in [6.07, 6.45) is -0.0816. The molecule has 0 saturated carbocycles. The van der Waals surface area contributed by atoms with Gasteiger partial charge in [-0.25, -0.2) is 0 Å². The molecular formula is C17H16O4. The molecule has 1 heterocycles. The van der Waals surface area contributed by atoms with Crippen LogP contribution >= 0.6 is 0 Å². The van der Waals surface area contributed by atoms with E-state index in [0.717, 1.165) is 10.9 Å². The van der Waals surface area contributed by atoms with Gasteiger partial charge in [0.15, 0.2) is 17.4 Å². The highest BCUT2D eigenvalue weighted by molar-refractivity contribution is 5.82. The van der Waals surface area contributed by atoms with Crippen LogP contribution < -0.4 is 4.74 Å². The van der Waals surface area contributed by atoms with Gasteiger partial charge in [0.05, 0.1) is 12.9 Å². The van der Waals surface area contributed by atoms with E-state index in [-0.39, 0.29) is 6.61 Å². The molecule has 2 aromatic carbocycles. The van der Waals surface area contributed by atoms with Gasteiger partial charge in [0, 0.05) is 5.39 Å². The van der Waals surface area contributed by atoms with Gasteiger partial charge in [-0.1, -0.05) is 42.5 Å². The second-order valence-electron chi connectivity index (χ2n) is 4.79. The van der Waals surface area contributed by atoms with Crippen LogP contribution in [0.4, 0.5) is 0 Å². The van der Waals surface area contributed by atoms with Crippen molar-refractivity contribution in [2.24, 2.45) is 0 Å². The molecule has 3 rings (SSSR count). The van der Waals surface area contributed by atoms with Crippen molar-refractivity contribution in [3.05, 3.63) is 66.4 Å². The van der Waals surface area contributed by atoms with Crippen molar-refractivity contribution in [2.75, 3.05) is 6.61 Å². The van der Waals surface area contributed by atoms with Crippen LogP contribution in [0.25, 0.3) is 11.0 Å². The fourth-order valence-corrected chi connectivity index (χ4v) is 2.30. The number of para-hydroxylation sites is 1. The first-order valence-electron chi connectivity index (χ1n) is 6.76. The standard InChI is InChI=1S/C17H16O4/c18-11-14(19)16(12-5-2-1-3-6-12)21-15-8-4-7-13-9-10-20-17(13)15/h1-10,14,16,18-19H,11H2/t14-,16+/m1/s1. The fourth-order valence-electron chi connectivity index (χ4n) is 2.30. The van der Waals surface area contributed by atoms with Crippen LogP contribution in [-0.2, 0) is 0 Å². The van der Waals surface area contributed by atoms with Gasteiger partial charge in [-0.3, -0.25) is 0 Å². The Morgan fingerprint density at radius 3 is 2.57 bits per heavy atom. The molecule has 1 aromatic heterocycles. The summed E-state index contributed by atoms with van der Waals surface area (Å²) >= 11 is 0. The first-order chi connectivity index (χ1) is 10.3. The first kappa shape index (κ1) is 13.7. The molecule has 0 amide bonds. The largest absolute Gasteiger partial charge is 0.479 e. The molecule has 0 unspecified atom stereocenters. The van der Waals surface area contributed by atoms with Crippen molar-refractivity contribution in [2.45, 2.75) is 12.2 Å². The summed E-state index contributed by atoms with van der Waals surface area (Å²) in [5, 5.41) is 20.2. The lowest BCUT2D eigenvalue weighted by molar-refractivity contribution is -0.00161. The van der Waals surface area contributed by atoms with E-state index in [0.29, 0.717) is 11.3 Å². The van der Waals surface area contributed by atoms with Gasteiger partial charge in [0.25, 0.3) is 0 Å². The van der Waals surface area contributed by atoms with Crippen molar-refractivity contribution in [3.8, 4) is 5.75 Å². The molecule has 4 heteroatoms. The molecule has 0 radical (unpaired) electrons. The number of fused-ring (bicyclic) bond motifs is 1. The molecular weight excluding hydrogens is 268 g/mol. The molecule has 0 bridgehead atoms. The normalized spacial score (nSPS) is 14.0. The number of benzene rings is 2. The van der Waals surface area contributed by atoms with Crippen molar-refractivity contribution < 1.29 is 19.4 Å². The lowest BCUT2D eigenvalue weighted by Crippen LogP contribution is -2.27. The fraction of sp³-hybridized carbons (Fsp3) is 0.176. The van der Waals surface area contributed by atoms with E-state index in [1.807, 2.05) is 48.5 Å². The van der Waals surface area contributed by atoms with Crippen molar-refractivity contribution in [3.63, 3.8) is 0 Å². The molecule has 3 aromatic rings. The Hall–Kier alpha value is -2.30. The minimum Gasteiger partial charge on any atom is -0.479 e. The summed E-state index contributed by atoms with van der Waals surface area (Å²) in [6, 6.07) is 16.7. The summed E-state index contributed by atoms with van der Waals surface area (Å²) in [5.74, 6) is 0.541. The Morgan fingerprint density at radius 2 is 1.81 bits per heavy atom. The second-order valence-corrected chi connectivity index (χ2v) is 4.79. The Bertz CT molecular complexity index is 705. The number of furan rings is 1. The molecule has 0 saturated heterocycles. The molecule has 0 aliphatic carbocycles. The quantitative estimate of drug-likeness (QED) is 0.756. The number of hydrogen-bond donors (Lipinski definition) is 2. The third-order valence-electron chi connectivity index (χ3n) is 3.36. The minimum absolute atomic E-state index is 0.381. The van der Waals surface area contributed by atoms with E-state index in [2.05, 4.69) is 0 Å². The Labute approximate surface area is 122 Å². The SMILES string of the molecule is OC[C@@H](O)[C@@H](Oc1cccc2ccoc12)c1ccccc1. The van der Waals surface area contributed by atoms with Gasteiger partial charge in [0.2, 0.25) is 0 Å². The maximum absolute atomic E-state index is 10.0. The summed E-state index contributed by atoms with van der Waals surface area (Å²) < 4.78 is 11.4. The van der Waals surface area contributed by atoms with Crippen LogP contribution in [0.1, 0.15) is 11.7 Å². The third kappa shape index (κ3) is 2.77. The monoisotopic (exact) mass is 284 g/mol. The van der Waals surface area contributed by atoms with Gasteiger partial charge in [-0.15, -0.1) is 0 Å². The molecule has 0 aliphatic heterocycles. The van der Waals surface area contributed by atoms with E-state index in [4.69, 9.17) is 9.15 Å². The van der Waals surface area contributed by atoms with Crippen LogP contribution in [0.15, 0.2) is 65.3 Å². The predicted molar refractivity (Wildman–Crippen MR) is 79.1 cm³/mol. The maximum atomic E-state index is 10.0. The van der Waals surface area contributed by atoms with E-state index < -0.39 is 12.2 Å². The maximum Gasteiger partial charge on any atom is 0.175 e. The van der Waals surface area contributed by atoms with Crippen LogP contribution in [0, 0.1) is 0 Å². The average Bonchev–Trinajstić information content (AvgIpc) is 3.02. The summed E-state index contributed by atoms with van der Waals surface area (Å²) in [7, 11) is 0. The zero-order chi connectivity index (χ0) is 14.7. The smallest absolute Gasteiger partial charge is 0.175 e. The summed E-state index contributed by atoms with van der Waals surface area (Å²) in [4.78, 5) is 0. The molecule has 2 N–H and O–H groups in total. The lowest BCUT2D eigenvalue weighted by atomic mass is 10.0. The number of aliphatic hydroxyl groups excluding tert-OH is 2. The Morgan fingerprint density at radius 1 is 1.00 bits per heavy atom. The van der Waals surface area contributed by atoms with E-state index in [9.17, 15) is 10.2 Å². The minimum atomic E-state index is -1.02. The average molecular weight is 284 g/mol. The molecule has 2 atom stereocenters. The van der Waals surface area contributed by atoms with Gasteiger partial charge < -0.3 is 19.4 Å². The highest BCUT2D eigenvalue weighted by Crippen LogP contribution is 2.31. The zero-order valence-electron chi connectivity index (χ0n) is 11.3. The van der Waals surface area contributed by atoms with E-state index in [1.165, 1.54) is 0 Å². The zero-order valence-corrected chi connectivity index (χ0v) is 11.3. The first-order valence-corrected chi connectivity index (χ1v) is 6.76. The number of rotatable bonds is 5. The van der Waals surface area contributed by atoms with Crippen LogP contribution in [-0.4, -0.2) is 22.9 Å². The van der Waals surface area contributed by atoms with Crippen LogP contribution in [0.3, 0.4) is 0 Å². The highest BCUT2D eigenvalue weighted by atomic mass is 16.5. The van der Waals surface area contributed by atoms with Gasteiger partial charge in [-0.05, 0) is 17.7 Å². The molecule has 0 spiro atoms. The van der Waals surface area contributed by atoms with Gasteiger partial charge >= 0.3 is 0 Å². The summed E-state index contributed by atoms with van der Waals surface area (Å²) in [5.41, 5.74) is 1.42. The second kappa shape index (κ2) is 5.99. The summed E-state index contributed by atoms with van der Waals surface area (Å²) in [6.45, 7) is -0.381. The molecule has 0 fully saturated rings. The number of hydrogen-bond acceptors (Lipinski definition) is 4. The van der Waals surface area contributed by atoms with Crippen LogP contribution in [0.2, 0.25) is 0 Å². The van der Waals surface area contributed by atoms with E-state index >= 15 is 0 Å². The van der Waals surface area contributed by atoms with Crippen molar-refractivity contribution in [1.29, 1.82) is 0 Å². The van der Waals surface area contributed by atoms with Crippen molar-refractivity contribution >= 4 is 11.0 Å². The lowest BCUT2D eigenvalue weighted by Gasteiger charge is -2.23. The molecule has 0 aliphatic rings. The molecule has 4 nitrogen and oxygen atoms in total. The van der Waals surface area contributed by atoms with E-state index in [1.54, 1.807) is 12.3 Å². The topological polar surface area (TPSA) is 62.8 Å². The van der Waals surface area contributed by atoms with Crippen LogP contribution in [0.5, 0.6) is 5.75 Å². The molecule has 108 valence electrons. The number of ether oxygens (including phenoxy) is 1. The van der Waals surface area contributed by atoms with Gasteiger partial charge in [-0.2, -0.15) is 0 Å². The Kier molecular flexibility index (Phi) is 3.90. The predicted octanol–water partition coefficient (Wildman–Crippen LogP) is 2.91. The third-order valence-corrected chi connectivity index (χ3v) is 3.36. The highest BCUT2D eigenvalue weighted by Gasteiger charge is 2.23. The van der Waals surface area contributed by atoms with Gasteiger partial charge in [0.1, 0.15) is 6.10 Å². The number of aliphatic hydroxyl groups is 2. The Balaban J connectivity index is 1.97. The van der Waals surface area contributed by atoms with Crippen molar-refractivity contribution in [1.82, 2.24) is 0 Å². The molecule has 21 heavy (non-hydrogen) atoms.